The van der Waals surface area contributed by atoms with E-state index in [0.29, 0.717) is 12.2 Å². The minimum Gasteiger partial charge on any atom is -0.497 e. The van der Waals surface area contributed by atoms with Gasteiger partial charge in [0.15, 0.2) is 0 Å². The van der Waals surface area contributed by atoms with Crippen molar-refractivity contribution in [2.45, 2.75) is 6.54 Å². The number of benzene rings is 2. The van der Waals surface area contributed by atoms with E-state index in [9.17, 15) is 9.18 Å². The molecule has 0 bridgehead atoms. The molecule has 0 aliphatic heterocycles. The summed E-state index contributed by atoms with van der Waals surface area (Å²) in [6.07, 6.45) is 1.39. The average Bonchev–Trinajstić information content (AvgIpc) is 3.02. The molecule has 3 N–H and O–H groups in total. The number of hydrogen-bond acceptors (Lipinski definition) is 4. The van der Waals surface area contributed by atoms with E-state index in [1.807, 2.05) is 24.3 Å². The molecule has 0 saturated heterocycles. The zero-order valence-electron chi connectivity index (χ0n) is 13.6. The van der Waals surface area contributed by atoms with E-state index in [1.165, 1.54) is 35.1 Å². The highest BCUT2D eigenvalue weighted by Crippen LogP contribution is 2.18. The van der Waals surface area contributed by atoms with Crippen LogP contribution < -0.4 is 15.8 Å². The lowest BCUT2D eigenvalue weighted by Crippen LogP contribution is -2.23. The van der Waals surface area contributed by atoms with Crippen molar-refractivity contribution in [2.24, 2.45) is 0 Å². The van der Waals surface area contributed by atoms with Gasteiger partial charge in [-0.1, -0.05) is 12.1 Å². The van der Waals surface area contributed by atoms with E-state index >= 15 is 0 Å². The van der Waals surface area contributed by atoms with Gasteiger partial charge in [0.2, 0.25) is 0 Å². The number of rotatable bonds is 5. The quantitative estimate of drug-likeness (QED) is 0.748. The van der Waals surface area contributed by atoms with Crippen LogP contribution in [0.5, 0.6) is 5.75 Å². The van der Waals surface area contributed by atoms with E-state index in [2.05, 4.69) is 10.4 Å². The first kappa shape index (κ1) is 16.5. The number of nitrogens with one attached hydrogen (secondary N) is 1. The van der Waals surface area contributed by atoms with Crippen molar-refractivity contribution in [2.75, 3.05) is 12.8 Å². The van der Waals surface area contributed by atoms with Gasteiger partial charge in [0.1, 0.15) is 22.9 Å². The standard InChI is InChI=1S/C18H17FN4O2/c1-25-15-8-2-12(3-9-15)10-21-18(24)16-11-22-23(17(16)20)14-6-4-13(19)5-7-14/h2-9,11H,10,20H2,1H3,(H,21,24). The number of anilines is 1. The Morgan fingerprint density at radius 1 is 1.20 bits per heavy atom. The van der Waals surface area contributed by atoms with Crippen LogP contribution in [0.3, 0.4) is 0 Å². The van der Waals surface area contributed by atoms with Gasteiger partial charge in [0.25, 0.3) is 5.91 Å². The zero-order chi connectivity index (χ0) is 17.8. The first-order chi connectivity index (χ1) is 12.1. The highest BCUT2D eigenvalue weighted by molar-refractivity contribution is 5.98. The molecule has 6 nitrogen and oxygen atoms in total. The third-order valence-electron chi connectivity index (χ3n) is 3.73. The molecule has 0 atom stereocenters. The van der Waals surface area contributed by atoms with E-state index in [4.69, 9.17) is 10.5 Å². The fourth-order valence-corrected chi connectivity index (χ4v) is 2.34. The summed E-state index contributed by atoms with van der Waals surface area (Å²) in [5.74, 6) is 0.257. The van der Waals surface area contributed by atoms with Crippen LogP contribution in [0.2, 0.25) is 0 Å². The Kier molecular flexibility index (Phi) is 4.65. The topological polar surface area (TPSA) is 82.2 Å². The number of amides is 1. The largest absolute Gasteiger partial charge is 0.497 e. The summed E-state index contributed by atoms with van der Waals surface area (Å²) < 4.78 is 19.5. The Hall–Kier alpha value is -3.35. The van der Waals surface area contributed by atoms with E-state index in [0.717, 1.165) is 11.3 Å². The number of carbonyl (C=O) groups is 1. The molecule has 128 valence electrons. The molecular weight excluding hydrogens is 323 g/mol. The highest BCUT2D eigenvalue weighted by atomic mass is 19.1. The van der Waals surface area contributed by atoms with Crippen LogP contribution in [0.25, 0.3) is 5.69 Å². The van der Waals surface area contributed by atoms with E-state index in [-0.39, 0.29) is 23.1 Å². The molecule has 0 aliphatic carbocycles. The lowest BCUT2D eigenvalue weighted by Gasteiger charge is -2.07. The van der Waals surface area contributed by atoms with Crippen LogP contribution in [0.15, 0.2) is 54.7 Å². The normalized spacial score (nSPS) is 10.5. The number of nitrogens with zero attached hydrogens (tertiary/aromatic N) is 2. The lowest BCUT2D eigenvalue weighted by atomic mass is 10.2. The molecule has 1 aromatic heterocycles. The predicted octanol–water partition coefficient (Wildman–Crippen LogP) is 2.53. The molecule has 7 heteroatoms. The lowest BCUT2D eigenvalue weighted by molar-refractivity contribution is 0.0952. The van der Waals surface area contributed by atoms with Gasteiger partial charge in [0, 0.05) is 6.54 Å². The third kappa shape index (κ3) is 3.60. The second kappa shape index (κ2) is 7.04. The van der Waals surface area contributed by atoms with E-state index < -0.39 is 0 Å². The van der Waals surface area contributed by atoms with Crippen molar-refractivity contribution in [1.82, 2.24) is 15.1 Å². The number of hydrogen-bond donors (Lipinski definition) is 2. The number of ether oxygens (including phenoxy) is 1. The number of nitrogens with two attached hydrogens (primary N) is 1. The van der Waals surface area contributed by atoms with Crippen LogP contribution in [-0.4, -0.2) is 22.8 Å². The van der Waals surface area contributed by atoms with Gasteiger partial charge in [-0.2, -0.15) is 5.10 Å². The molecule has 0 aliphatic rings. The van der Waals surface area contributed by atoms with Crippen LogP contribution in [-0.2, 0) is 6.54 Å². The van der Waals surface area contributed by atoms with Gasteiger partial charge in [0.05, 0.1) is 19.0 Å². The first-order valence-electron chi connectivity index (χ1n) is 7.59. The van der Waals surface area contributed by atoms with Crippen molar-refractivity contribution in [1.29, 1.82) is 0 Å². The van der Waals surface area contributed by atoms with Crippen molar-refractivity contribution < 1.29 is 13.9 Å². The summed E-state index contributed by atoms with van der Waals surface area (Å²) >= 11 is 0. The van der Waals surface area contributed by atoms with Crippen molar-refractivity contribution in [3.63, 3.8) is 0 Å². The molecule has 1 heterocycles. The smallest absolute Gasteiger partial charge is 0.256 e. The maximum atomic E-state index is 13.0. The second-order valence-electron chi connectivity index (χ2n) is 5.36. The van der Waals surface area contributed by atoms with Gasteiger partial charge >= 0.3 is 0 Å². The SMILES string of the molecule is COc1ccc(CNC(=O)c2cnn(-c3ccc(F)cc3)c2N)cc1. The van der Waals surface area contributed by atoms with Gasteiger partial charge in [-0.15, -0.1) is 0 Å². The summed E-state index contributed by atoms with van der Waals surface area (Å²) in [4.78, 5) is 12.3. The summed E-state index contributed by atoms with van der Waals surface area (Å²) in [7, 11) is 1.60. The van der Waals surface area contributed by atoms with Gasteiger partial charge < -0.3 is 15.8 Å². The summed E-state index contributed by atoms with van der Waals surface area (Å²) in [5.41, 5.74) is 7.78. The Morgan fingerprint density at radius 2 is 1.88 bits per heavy atom. The Morgan fingerprint density at radius 3 is 2.52 bits per heavy atom. The molecule has 0 radical (unpaired) electrons. The summed E-state index contributed by atoms with van der Waals surface area (Å²) in [6.45, 7) is 0.351. The molecule has 0 spiro atoms. The Bertz CT molecular complexity index is 873. The third-order valence-corrected chi connectivity index (χ3v) is 3.73. The van der Waals surface area contributed by atoms with Gasteiger partial charge in [-0.05, 0) is 42.0 Å². The monoisotopic (exact) mass is 340 g/mol. The molecular formula is C18H17FN4O2. The minimum absolute atomic E-state index is 0.193. The number of nitrogen functional groups attached to an aromatic ring is 1. The molecule has 3 rings (SSSR count). The Balaban J connectivity index is 1.71. The minimum atomic E-state index is -0.355. The molecule has 3 aromatic rings. The number of carbonyl (C=O) groups excluding carboxylic acids is 1. The van der Waals surface area contributed by atoms with Crippen LogP contribution in [0.4, 0.5) is 10.2 Å². The fourth-order valence-electron chi connectivity index (χ4n) is 2.34. The van der Waals surface area contributed by atoms with Crippen molar-refractivity contribution >= 4 is 11.7 Å². The summed E-state index contributed by atoms with van der Waals surface area (Å²) in [5, 5.41) is 6.90. The number of aromatic nitrogens is 2. The Labute approximate surface area is 144 Å². The van der Waals surface area contributed by atoms with E-state index in [1.54, 1.807) is 7.11 Å². The highest BCUT2D eigenvalue weighted by Gasteiger charge is 2.16. The summed E-state index contributed by atoms with van der Waals surface area (Å²) in [6, 6.07) is 13.1. The molecule has 0 unspecified atom stereocenters. The van der Waals surface area contributed by atoms with Crippen molar-refractivity contribution in [3.05, 3.63) is 71.7 Å². The molecule has 2 aromatic carbocycles. The maximum Gasteiger partial charge on any atom is 0.256 e. The molecule has 1 amide bonds. The van der Waals surface area contributed by atoms with Crippen LogP contribution in [0.1, 0.15) is 15.9 Å². The van der Waals surface area contributed by atoms with Crippen LogP contribution in [0, 0.1) is 5.82 Å². The van der Waals surface area contributed by atoms with Crippen molar-refractivity contribution in [3.8, 4) is 11.4 Å². The fraction of sp³-hybridized carbons (Fsp3) is 0.111. The van der Waals surface area contributed by atoms with Gasteiger partial charge in [-0.3, -0.25) is 4.79 Å². The molecule has 0 fully saturated rings. The maximum absolute atomic E-state index is 13.0. The second-order valence-corrected chi connectivity index (χ2v) is 5.36. The van der Waals surface area contributed by atoms with Crippen LogP contribution >= 0.6 is 0 Å². The zero-order valence-corrected chi connectivity index (χ0v) is 13.6. The molecule has 25 heavy (non-hydrogen) atoms. The predicted molar refractivity (Wildman–Crippen MR) is 92.1 cm³/mol. The number of halogens is 1. The molecule has 0 saturated carbocycles. The average molecular weight is 340 g/mol. The number of methoxy groups -OCH3 is 1. The first-order valence-corrected chi connectivity index (χ1v) is 7.59. The van der Waals surface area contributed by atoms with Gasteiger partial charge in [-0.25, -0.2) is 9.07 Å².